The van der Waals surface area contributed by atoms with Crippen molar-refractivity contribution in [3.8, 4) is 0 Å². The van der Waals surface area contributed by atoms with Crippen LogP contribution in [0.2, 0.25) is 0 Å². The molecular formula is C6H15N4O3+. The number of hydrogen-bond acceptors (Lipinski definition) is 3. The molecule has 0 aromatic rings. The molecule has 0 saturated carbocycles. The molecule has 0 heterocycles. The first-order valence-corrected chi connectivity index (χ1v) is 3.84. The van der Waals surface area contributed by atoms with E-state index in [1.165, 1.54) is 0 Å². The van der Waals surface area contributed by atoms with E-state index in [2.05, 4.69) is 10.7 Å². The van der Waals surface area contributed by atoms with Crippen LogP contribution in [0.5, 0.6) is 0 Å². The first kappa shape index (κ1) is 11.7. The van der Waals surface area contributed by atoms with Gasteiger partial charge in [-0.3, -0.25) is 10.2 Å². The summed E-state index contributed by atoms with van der Waals surface area (Å²) in [7, 11) is 0. The second-order valence-corrected chi connectivity index (χ2v) is 2.56. The summed E-state index contributed by atoms with van der Waals surface area (Å²) in [6.45, 7) is 0.374. The van der Waals surface area contributed by atoms with Crippen LogP contribution in [0.15, 0.2) is 4.99 Å². The largest absolute Gasteiger partial charge is 0.477 e. The smallest absolute Gasteiger partial charge is 0.362 e. The van der Waals surface area contributed by atoms with Crippen molar-refractivity contribution in [1.29, 1.82) is 0 Å². The molecule has 0 rings (SSSR count). The minimum atomic E-state index is -0.919. The molecule has 8 N–H and O–H groups in total. The fourth-order valence-corrected chi connectivity index (χ4v) is 0.696. The summed E-state index contributed by atoms with van der Waals surface area (Å²) in [6, 6.07) is -0.612. The highest BCUT2D eigenvalue weighted by atomic mass is 16.5. The number of carbonyl (C=O) groups is 1. The van der Waals surface area contributed by atoms with Gasteiger partial charge in [0.2, 0.25) is 5.96 Å². The molecule has 0 unspecified atom stereocenters. The van der Waals surface area contributed by atoms with Crippen molar-refractivity contribution < 1.29 is 20.8 Å². The normalized spacial score (nSPS) is 13.8. The average Bonchev–Trinajstić information content (AvgIpc) is 2.11. The van der Waals surface area contributed by atoms with Gasteiger partial charge in [-0.1, -0.05) is 0 Å². The molecule has 0 aliphatic carbocycles. The average molecular weight is 191 g/mol. The molecule has 0 aromatic heterocycles. The number of nitrogens with one attached hydrogen (secondary N) is 1. The summed E-state index contributed by atoms with van der Waals surface area (Å²) >= 11 is 0. The molecule has 0 aromatic carbocycles. The van der Waals surface area contributed by atoms with Gasteiger partial charge in [-0.05, 0) is 6.42 Å². The van der Waals surface area contributed by atoms with Gasteiger partial charge in [0, 0.05) is 13.0 Å². The minimum absolute atomic E-state index is 0.0732. The Bertz CT molecular complexity index is 194. The van der Waals surface area contributed by atoms with Gasteiger partial charge in [0.15, 0.2) is 6.04 Å². The molecule has 0 radical (unpaired) electrons. The molecule has 0 saturated heterocycles. The predicted molar refractivity (Wildman–Crippen MR) is 45.0 cm³/mol. The zero-order chi connectivity index (χ0) is 10.3. The molecule has 13 heavy (non-hydrogen) atoms. The summed E-state index contributed by atoms with van der Waals surface area (Å²) in [5, 5.41) is 16.7. The number of rotatable bonds is 5. The zero-order valence-corrected chi connectivity index (χ0v) is 7.23. The number of aliphatic imine (C=N–C) groups is 1. The van der Waals surface area contributed by atoms with E-state index >= 15 is 0 Å². The van der Waals surface area contributed by atoms with Crippen molar-refractivity contribution in [2.45, 2.75) is 18.9 Å². The van der Waals surface area contributed by atoms with Crippen molar-refractivity contribution in [3.05, 3.63) is 0 Å². The van der Waals surface area contributed by atoms with Gasteiger partial charge >= 0.3 is 5.97 Å². The van der Waals surface area contributed by atoms with E-state index in [9.17, 15) is 4.79 Å². The lowest BCUT2D eigenvalue weighted by atomic mass is 10.2. The third-order valence-electron chi connectivity index (χ3n) is 1.46. The number of hydroxylamine groups is 1. The molecule has 0 aliphatic heterocycles. The van der Waals surface area contributed by atoms with Gasteiger partial charge in [-0.2, -0.15) is 0 Å². The highest BCUT2D eigenvalue weighted by Gasteiger charge is 2.13. The number of hydrogen-bond donors (Lipinski definition) is 5. The van der Waals surface area contributed by atoms with Crippen LogP contribution in [-0.2, 0) is 4.79 Å². The lowest BCUT2D eigenvalue weighted by molar-refractivity contribution is -0.409. The van der Waals surface area contributed by atoms with Crippen LogP contribution in [0.3, 0.4) is 0 Å². The van der Waals surface area contributed by atoms with E-state index in [0.717, 1.165) is 0 Å². The third kappa shape index (κ3) is 5.88. The summed E-state index contributed by atoms with van der Waals surface area (Å²) in [4.78, 5) is 14.0. The molecule has 76 valence electrons. The van der Waals surface area contributed by atoms with E-state index < -0.39 is 12.0 Å². The Morgan fingerprint density at radius 2 is 2.31 bits per heavy atom. The zero-order valence-electron chi connectivity index (χ0n) is 7.23. The fraction of sp³-hybridized carbons (Fsp3) is 0.667. The van der Waals surface area contributed by atoms with Gasteiger partial charge in [-0.15, -0.1) is 0 Å². The topological polar surface area (TPSA) is 136 Å². The van der Waals surface area contributed by atoms with Gasteiger partial charge in [-0.25, -0.2) is 10.3 Å². The number of quaternary nitrogens is 1. The van der Waals surface area contributed by atoms with E-state index in [-0.39, 0.29) is 5.96 Å². The third-order valence-corrected chi connectivity index (χ3v) is 1.46. The number of nitrogens with zero attached hydrogens (tertiary/aromatic N) is 1. The molecule has 0 aliphatic rings. The van der Waals surface area contributed by atoms with Crippen LogP contribution in [0, 0.1) is 0 Å². The van der Waals surface area contributed by atoms with Gasteiger partial charge in [0.1, 0.15) is 0 Å². The van der Waals surface area contributed by atoms with Crippen molar-refractivity contribution in [3.63, 3.8) is 0 Å². The van der Waals surface area contributed by atoms with Crippen molar-refractivity contribution >= 4 is 11.9 Å². The summed E-state index contributed by atoms with van der Waals surface area (Å²) < 4.78 is 0. The van der Waals surface area contributed by atoms with Gasteiger partial charge < -0.3 is 16.6 Å². The van der Waals surface area contributed by atoms with Crippen LogP contribution < -0.4 is 16.9 Å². The maximum atomic E-state index is 10.3. The predicted octanol–water partition coefficient (Wildman–Crippen LogP) is -2.24. The van der Waals surface area contributed by atoms with E-state index in [1.807, 2.05) is 0 Å². The Hall–Kier alpha value is -1.34. The SMILES string of the molecule is NC(=NCCC[C@H]([NH3+])C(=O)O)NO. The standard InChI is InChI=1S/C6H14N4O3/c7-4(5(11)12)2-1-3-9-6(8)10-13/h4,13H,1-3,7H2,(H,11,12)(H3,8,9,10)/p+1/t4-/m0/s1. The molecule has 7 heteroatoms. The second kappa shape index (κ2) is 6.21. The minimum Gasteiger partial charge on any atom is -0.477 e. The Morgan fingerprint density at radius 3 is 2.77 bits per heavy atom. The number of carboxylic acid groups (broad SMARTS) is 1. The lowest BCUT2D eigenvalue weighted by Gasteiger charge is -2.01. The Labute approximate surface area is 75.4 Å². The van der Waals surface area contributed by atoms with Crippen LogP contribution in [0.25, 0.3) is 0 Å². The Morgan fingerprint density at radius 1 is 1.69 bits per heavy atom. The molecule has 1 atom stereocenters. The summed E-state index contributed by atoms with van der Waals surface area (Å²) in [5.74, 6) is -0.992. The highest BCUT2D eigenvalue weighted by molar-refractivity contribution is 5.76. The maximum Gasteiger partial charge on any atom is 0.362 e. The van der Waals surface area contributed by atoms with Crippen LogP contribution in [-0.4, -0.2) is 34.8 Å². The van der Waals surface area contributed by atoms with Crippen molar-refractivity contribution in [2.24, 2.45) is 10.7 Å². The Kier molecular flexibility index (Phi) is 5.57. The number of guanidine groups is 1. The molecule has 0 fully saturated rings. The van der Waals surface area contributed by atoms with Gasteiger partial charge in [0.05, 0.1) is 0 Å². The summed E-state index contributed by atoms with van der Waals surface area (Å²) in [5.41, 5.74) is 10.2. The molecule has 0 bridgehead atoms. The van der Waals surface area contributed by atoms with E-state index in [4.69, 9.17) is 16.0 Å². The Balaban J connectivity index is 3.51. The van der Waals surface area contributed by atoms with Crippen LogP contribution in [0.1, 0.15) is 12.8 Å². The highest BCUT2D eigenvalue weighted by Crippen LogP contribution is 1.93. The lowest BCUT2D eigenvalue weighted by Crippen LogP contribution is -2.64. The molecule has 0 amide bonds. The van der Waals surface area contributed by atoms with E-state index in [0.29, 0.717) is 19.4 Å². The second-order valence-electron chi connectivity index (χ2n) is 2.56. The first-order chi connectivity index (χ1) is 6.07. The molecule has 0 spiro atoms. The van der Waals surface area contributed by atoms with Crippen LogP contribution in [0.4, 0.5) is 0 Å². The number of aliphatic carboxylic acids is 1. The van der Waals surface area contributed by atoms with Crippen molar-refractivity contribution in [1.82, 2.24) is 5.48 Å². The molecule has 7 nitrogen and oxygen atoms in total. The van der Waals surface area contributed by atoms with E-state index in [1.54, 1.807) is 5.48 Å². The number of nitrogens with two attached hydrogens (primary N) is 1. The van der Waals surface area contributed by atoms with Gasteiger partial charge in [0.25, 0.3) is 0 Å². The summed E-state index contributed by atoms with van der Waals surface area (Å²) in [6.07, 6.45) is 1.01. The monoisotopic (exact) mass is 191 g/mol. The maximum absolute atomic E-state index is 10.3. The van der Waals surface area contributed by atoms with Crippen molar-refractivity contribution in [2.75, 3.05) is 6.54 Å². The first-order valence-electron chi connectivity index (χ1n) is 3.84. The quantitative estimate of drug-likeness (QED) is 0.145. The fourth-order valence-electron chi connectivity index (χ4n) is 0.696. The van der Waals surface area contributed by atoms with Crippen LogP contribution >= 0.6 is 0 Å². The molecular weight excluding hydrogens is 176 g/mol. The number of carboxylic acids is 1.